The van der Waals surface area contributed by atoms with Crippen molar-refractivity contribution in [2.75, 3.05) is 20.1 Å². The fourth-order valence-electron chi connectivity index (χ4n) is 3.83. The number of carbonyl (C=O) groups is 1. The van der Waals surface area contributed by atoms with Crippen LogP contribution in [0, 0.1) is 0 Å². The summed E-state index contributed by atoms with van der Waals surface area (Å²) in [4.78, 5) is 12.6. The van der Waals surface area contributed by atoms with Crippen molar-refractivity contribution in [2.24, 2.45) is 0 Å². The van der Waals surface area contributed by atoms with E-state index in [0.29, 0.717) is 5.56 Å². The highest BCUT2D eigenvalue weighted by atomic mass is 35.5. The maximum Gasteiger partial charge on any atom is 0.251 e. The van der Waals surface area contributed by atoms with Crippen LogP contribution in [0.25, 0.3) is 0 Å². The lowest BCUT2D eigenvalue weighted by Crippen LogP contribution is -2.45. The fraction of sp³-hybridized carbons (Fsp3) is 0.632. The lowest BCUT2D eigenvalue weighted by molar-refractivity contribution is 0.0930. The zero-order valence-corrected chi connectivity index (χ0v) is 17.4. The van der Waals surface area contributed by atoms with E-state index in [1.165, 1.54) is 10.7 Å². The van der Waals surface area contributed by atoms with Crippen LogP contribution in [0.15, 0.2) is 29.2 Å². The fourth-order valence-corrected chi connectivity index (χ4v) is 5.25. The first-order valence-electron chi connectivity index (χ1n) is 9.58. The monoisotopic (exact) mass is 415 g/mol. The van der Waals surface area contributed by atoms with Crippen molar-refractivity contribution < 1.29 is 13.2 Å². The lowest BCUT2D eigenvalue weighted by Gasteiger charge is -2.30. The van der Waals surface area contributed by atoms with E-state index in [9.17, 15) is 13.2 Å². The number of nitrogens with zero attached hydrogens (tertiary/aromatic N) is 1. The summed E-state index contributed by atoms with van der Waals surface area (Å²) in [7, 11) is -1.85. The molecule has 1 saturated carbocycles. The van der Waals surface area contributed by atoms with Gasteiger partial charge in [0.1, 0.15) is 0 Å². The van der Waals surface area contributed by atoms with Gasteiger partial charge in [0.15, 0.2) is 0 Å². The van der Waals surface area contributed by atoms with E-state index in [2.05, 4.69) is 10.6 Å². The van der Waals surface area contributed by atoms with Crippen molar-refractivity contribution in [1.82, 2.24) is 14.9 Å². The van der Waals surface area contributed by atoms with Gasteiger partial charge in [-0.2, -0.15) is 4.31 Å². The van der Waals surface area contributed by atoms with E-state index in [4.69, 9.17) is 0 Å². The second-order valence-corrected chi connectivity index (χ2v) is 9.35. The maximum absolute atomic E-state index is 12.8. The maximum atomic E-state index is 12.8. The molecule has 0 radical (unpaired) electrons. The molecule has 1 aromatic carbocycles. The first kappa shape index (κ1) is 22.1. The second-order valence-electron chi connectivity index (χ2n) is 7.35. The standard InChI is InChI=1S/C19H29N3O3S.ClH/c1-22(17-7-3-2-4-8-17)26(24,25)18-11-9-15(10-12-18)19(23)21-16-6-5-13-20-14-16;/h9-12,16-17,20H,2-8,13-14H2,1H3,(H,21,23);1H/t16-;/m0./s1. The molecule has 0 aromatic heterocycles. The summed E-state index contributed by atoms with van der Waals surface area (Å²) in [6.07, 6.45) is 7.22. The zero-order chi connectivity index (χ0) is 18.6. The lowest BCUT2D eigenvalue weighted by atomic mass is 9.96. The smallest absolute Gasteiger partial charge is 0.251 e. The highest BCUT2D eigenvalue weighted by Gasteiger charge is 2.29. The number of sulfonamides is 1. The Morgan fingerprint density at radius 1 is 1.07 bits per heavy atom. The minimum Gasteiger partial charge on any atom is -0.348 e. The van der Waals surface area contributed by atoms with Crippen molar-refractivity contribution in [3.8, 4) is 0 Å². The van der Waals surface area contributed by atoms with Gasteiger partial charge in [0.2, 0.25) is 10.0 Å². The number of hydrogen-bond donors (Lipinski definition) is 2. The SMILES string of the molecule is CN(C1CCCCC1)S(=O)(=O)c1ccc(C(=O)N[C@H]2CCCNC2)cc1.Cl. The second kappa shape index (κ2) is 9.87. The summed E-state index contributed by atoms with van der Waals surface area (Å²) >= 11 is 0. The Hall–Kier alpha value is -1.15. The van der Waals surface area contributed by atoms with Crippen molar-refractivity contribution >= 4 is 28.3 Å². The van der Waals surface area contributed by atoms with Gasteiger partial charge in [0, 0.05) is 31.2 Å². The molecule has 1 aliphatic carbocycles. The highest BCUT2D eigenvalue weighted by molar-refractivity contribution is 7.89. The molecule has 1 aromatic rings. The number of piperidine rings is 1. The molecule has 8 heteroatoms. The first-order valence-corrected chi connectivity index (χ1v) is 11.0. The number of hydrogen-bond acceptors (Lipinski definition) is 4. The van der Waals surface area contributed by atoms with Crippen molar-refractivity contribution in [3.05, 3.63) is 29.8 Å². The molecule has 2 fully saturated rings. The summed E-state index contributed by atoms with van der Waals surface area (Å²) in [5, 5.41) is 6.27. The van der Waals surface area contributed by atoms with Gasteiger partial charge in [-0.05, 0) is 56.5 Å². The van der Waals surface area contributed by atoms with Crippen LogP contribution in [0.3, 0.4) is 0 Å². The van der Waals surface area contributed by atoms with Gasteiger partial charge in [-0.1, -0.05) is 19.3 Å². The predicted molar refractivity (Wildman–Crippen MR) is 109 cm³/mol. The third-order valence-corrected chi connectivity index (χ3v) is 7.44. The number of rotatable bonds is 5. The first-order chi connectivity index (χ1) is 12.5. The third-order valence-electron chi connectivity index (χ3n) is 5.51. The van der Waals surface area contributed by atoms with Crippen LogP contribution in [-0.4, -0.2) is 50.9 Å². The summed E-state index contributed by atoms with van der Waals surface area (Å²) in [5.41, 5.74) is 0.495. The molecule has 1 heterocycles. The summed E-state index contributed by atoms with van der Waals surface area (Å²) < 4.78 is 27.2. The summed E-state index contributed by atoms with van der Waals surface area (Å²) in [6, 6.07) is 6.51. The minimum absolute atomic E-state index is 0. The number of halogens is 1. The van der Waals surface area contributed by atoms with Gasteiger partial charge >= 0.3 is 0 Å². The van der Waals surface area contributed by atoms with Gasteiger partial charge in [0.05, 0.1) is 4.90 Å². The molecule has 152 valence electrons. The molecule has 27 heavy (non-hydrogen) atoms. The molecular weight excluding hydrogens is 386 g/mol. The summed E-state index contributed by atoms with van der Waals surface area (Å²) in [5.74, 6) is -0.150. The van der Waals surface area contributed by atoms with E-state index in [1.807, 2.05) is 0 Å². The zero-order valence-electron chi connectivity index (χ0n) is 15.8. The van der Waals surface area contributed by atoms with Gasteiger partial charge in [-0.15, -0.1) is 12.4 Å². The predicted octanol–water partition coefficient (Wildman–Crippen LogP) is 2.54. The molecule has 0 unspecified atom stereocenters. The molecular formula is C19H30ClN3O3S. The Labute approximate surface area is 168 Å². The minimum atomic E-state index is -3.52. The van der Waals surface area contributed by atoms with E-state index in [0.717, 1.165) is 51.6 Å². The quantitative estimate of drug-likeness (QED) is 0.774. The van der Waals surface area contributed by atoms with Crippen LogP contribution in [0.5, 0.6) is 0 Å². The molecule has 1 amide bonds. The largest absolute Gasteiger partial charge is 0.348 e. The van der Waals surface area contributed by atoms with E-state index in [1.54, 1.807) is 31.3 Å². The highest BCUT2D eigenvalue weighted by Crippen LogP contribution is 2.26. The van der Waals surface area contributed by atoms with Crippen LogP contribution < -0.4 is 10.6 Å². The molecule has 2 N–H and O–H groups in total. The van der Waals surface area contributed by atoms with Gasteiger partial charge < -0.3 is 10.6 Å². The average Bonchev–Trinajstić information content (AvgIpc) is 2.69. The topological polar surface area (TPSA) is 78.5 Å². The number of carbonyl (C=O) groups excluding carboxylic acids is 1. The van der Waals surface area contributed by atoms with Crippen molar-refractivity contribution in [2.45, 2.75) is 61.9 Å². The van der Waals surface area contributed by atoms with E-state index in [-0.39, 0.29) is 35.3 Å². The Morgan fingerprint density at radius 3 is 2.33 bits per heavy atom. The van der Waals surface area contributed by atoms with Gasteiger partial charge in [0.25, 0.3) is 5.91 Å². The van der Waals surface area contributed by atoms with E-state index >= 15 is 0 Å². The Balaban J connectivity index is 0.00000261. The van der Waals surface area contributed by atoms with Crippen LogP contribution in [0.4, 0.5) is 0 Å². The Kier molecular flexibility index (Phi) is 8.09. The van der Waals surface area contributed by atoms with Gasteiger partial charge in [-0.3, -0.25) is 4.79 Å². The molecule has 6 nitrogen and oxygen atoms in total. The molecule has 1 saturated heterocycles. The van der Waals surface area contributed by atoms with Gasteiger partial charge in [-0.25, -0.2) is 8.42 Å². The van der Waals surface area contributed by atoms with Crippen LogP contribution in [-0.2, 0) is 10.0 Å². The normalized spacial score (nSPS) is 21.5. The van der Waals surface area contributed by atoms with Crippen LogP contribution in [0.1, 0.15) is 55.3 Å². The molecule has 1 aliphatic heterocycles. The molecule has 3 rings (SSSR count). The molecule has 0 bridgehead atoms. The summed E-state index contributed by atoms with van der Waals surface area (Å²) in [6.45, 7) is 1.78. The number of amides is 1. The molecule has 2 aliphatic rings. The van der Waals surface area contributed by atoms with Crippen LogP contribution >= 0.6 is 12.4 Å². The molecule has 1 atom stereocenters. The van der Waals surface area contributed by atoms with Crippen molar-refractivity contribution in [3.63, 3.8) is 0 Å². The molecule has 0 spiro atoms. The van der Waals surface area contributed by atoms with Crippen molar-refractivity contribution in [1.29, 1.82) is 0 Å². The van der Waals surface area contributed by atoms with Crippen LogP contribution in [0.2, 0.25) is 0 Å². The Bertz CT molecular complexity index is 712. The number of nitrogens with one attached hydrogen (secondary N) is 2. The Morgan fingerprint density at radius 2 is 1.74 bits per heavy atom. The third kappa shape index (κ3) is 5.44. The average molecular weight is 416 g/mol. The van der Waals surface area contributed by atoms with E-state index < -0.39 is 10.0 Å². The number of benzene rings is 1.